The molecule has 0 fully saturated rings. The molecule has 1 rings (SSSR count). The van der Waals surface area contributed by atoms with E-state index in [0.29, 0.717) is 18.1 Å². The Morgan fingerprint density at radius 2 is 2.38 bits per heavy atom. The minimum atomic E-state index is -0.831. The minimum Gasteiger partial charge on any atom is -0.481 e. The Labute approximate surface area is 75.6 Å². The standard InChI is InChI=1S/C8H11N3O2/c9-6-1-2-7(11-5-6)10-4-3-8(12)13/h1-2,5H,3-4,9H2,(H,10,11)(H,12,13). The number of pyridine rings is 1. The number of nitrogen functional groups attached to an aromatic ring is 1. The van der Waals surface area contributed by atoms with Crippen molar-refractivity contribution in [1.29, 1.82) is 0 Å². The quantitative estimate of drug-likeness (QED) is 0.631. The number of carboxylic acids is 1. The summed E-state index contributed by atoms with van der Waals surface area (Å²) in [5.41, 5.74) is 6.01. The second kappa shape index (κ2) is 4.30. The monoisotopic (exact) mass is 181 g/mol. The van der Waals surface area contributed by atoms with Crippen molar-refractivity contribution in [3.8, 4) is 0 Å². The van der Waals surface area contributed by atoms with Crippen LogP contribution in [0.5, 0.6) is 0 Å². The van der Waals surface area contributed by atoms with Gasteiger partial charge in [0.25, 0.3) is 0 Å². The molecule has 0 aliphatic heterocycles. The van der Waals surface area contributed by atoms with Crippen molar-refractivity contribution in [2.24, 2.45) is 0 Å². The van der Waals surface area contributed by atoms with Crippen LogP contribution in [0.1, 0.15) is 6.42 Å². The Morgan fingerprint density at radius 1 is 1.62 bits per heavy atom. The zero-order valence-electron chi connectivity index (χ0n) is 7.03. The molecule has 0 saturated heterocycles. The van der Waals surface area contributed by atoms with Gasteiger partial charge in [-0.15, -0.1) is 0 Å². The smallest absolute Gasteiger partial charge is 0.305 e. The number of anilines is 2. The Bertz CT molecular complexity index is 284. The van der Waals surface area contributed by atoms with Crippen molar-refractivity contribution in [2.75, 3.05) is 17.6 Å². The molecule has 0 aromatic carbocycles. The van der Waals surface area contributed by atoms with Gasteiger partial charge >= 0.3 is 5.97 Å². The van der Waals surface area contributed by atoms with Gasteiger partial charge in [0.2, 0.25) is 0 Å². The highest BCUT2D eigenvalue weighted by Gasteiger charge is 1.96. The fraction of sp³-hybridized carbons (Fsp3) is 0.250. The predicted octanol–water partition coefficient (Wildman–Crippen LogP) is 0.550. The van der Waals surface area contributed by atoms with Gasteiger partial charge in [-0.05, 0) is 12.1 Å². The normalized spacial score (nSPS) is 9.54. The highest BCUT2D eigenvalue weighted by atomic mass is 16.4. The number of hydrogen-bond donors (Lipinski definition) is 3. The first-order valence-electron chi connectivity index (χ1n) is 3.85. The van der Waals surface area contributed by atoms with Gasteiger partial charge in [0.05, 0.1) is 18.3 Å². The van der Waals surface area contributed by atoms with E-state index in [1.807, 2.05) is 0 Å². The van der Waals surface area contributed by atoms with Gasteiger partial charge in [0.1, 0.15) is 5.82 Å². The lowest BCUT2D eigenvalue weighted by molar-refractivity contribution is -0.136. The molecule has 0 radical (unpaired) electrons. The van der Waals surface area contributed by atoms with Gasteiger partial charge in [-0.3, -0.25) is 4.79 Å². The summed E-state index contributed by atoms with van der Waals surface area (Å²) in [4.78, 5) is 14.1. The average Bonchev–Trinajstić information content (AvgIpc) is 2.08. The van der Waals surface area contributed by atoms with Gasteiger partial charge in [0.15, 0.2) is 0 Å². The topological polar surface area (TPSA) is 88.2 Å². The minimum absolute atomic E-state index is 0.0755. The number of rotatable bonds is 4. The summed E-state index contributed by atoms with van der Waals surface area (Å²) in [5.74, 6) is -0.196. The second-order valence-corrected chi connectivity index (χ2v) is 2.55. The van der Waals surface area contributed by atoms with Gasteiger partial charge in [0, 0.05) is 6.54 Å². The fourth-order valence-electron chi connectivity index (χ4n) is 0.807. The lowest BCUT2D eigenvalue weighted by Crippen LogP contribution is -2.08. The number of aromatic nitrogens is 1. The lowest BCUT2D eigenvalue weighted by Gasteiger charge is -2.02. The zero-order chi connectivity index (χ0) is 9.68. The van der Waals surface area contributed by atoms with E-state index < -0.39 is 5.97 Å². The molecule has 0 atom stereocenters. The van der Waals surface area contributed by atoms with Crippen molar-refractivity contribution < 1.29 is 9.90 Å². The Morgan fingerprint density at radius 3 is 2.92 bits per heavy atom. The van der Waals surface area contributed by atoms with E-state index in [4.69, 9.17) is 10.8 Å². The van der Waals surface area contributed by atoms with Gasteiger partial charge in [-0.2, -0.15) is 0 Å². The third-order valence-electron chi connectivity index (χ3n) is 1.43. The third-order valence-corrected chi connectivity index (χ3v) is 1.43. The summed E-state index contributed by atoms with van der Waals surface area (Å²) in [6, 6.07) is 3.41. The van der Waals surface area contributed by atoms with Gasteiger partial charge in [-0.25, -0.2) is 4.98 Å². The highest BCUT2D eigenvalue weighted by Crippen LogP contribution is 2.05. The van der Waals surface area contributed by atoms with Crippen LogP contribution in [0.2, 0.25) is 0 Å². The molecule has 1 aromatic rings. The van der Waals surface area contributed by atoms with Crippen LogP contribution in [0, 0.1) is 0 Å². The summed E-state index contributed by atoms with van der Waals surface area (Å²) in [6.45, 7) is 0.367. The van der Waals surface area contributed by atoms with Crippen LogP contribution in [0.25, 0.3) is 0 Å². The molecule has 0 bridgehead atoms. The maximum absolute atomic E-state index is 10.2. The van der Waals surface area contributed by atoms with E-state index in [-0.39, 0.29) is 6.42 Å². The summed E-state index contributed by atoms with van der Waals surface area (Å²) in [5, 5.41) is 11.2. The number of carboxylic acid groups (broad SMARTS) is 1. The first-order valence-corrected chi connectivity index (χ1v) is 3.85. The summed E-state index contributed by atoms with van der Waals surface area (Å²) < 4.78 is 0. The number of carbonyl (C=O) groups is 1. The number of nitrogens with one attached hydrogen (secondary N) is 1. The molecule has 5 heteroatoms. The van der Waals surface area contributed by atoms with Crippen molar-refractivity contribution in [3.63, 3.8) is 0 Å². The first kappa shape index (κ1) is 9.31. The number of aliphatic carboxylic acids is 1. The number of nitrogens with two attached hydrogens (primary N) is 1. The van der Waals surface area contributed by atoms with Gasteiger partial charge < -0.3 is 16.2 Å². The van der Waals surface area contributed by atoms with Crippen molar-refractivity contribution in [2.45, 2.75) is 6.42 Å². The molecule has 0 unspecified atom stereocenters. The van der Waals surface area contributed by atoms with Crippen LogP contribution in [-0.4, -0.2) is 22.6 Å². The molecule has 5 nitrogen and oxygen atoms in total. The van der Waals surface area contributed by atoms with Crippen molar-refractivity contribution in [3.05, 3.63) is 18.3 Å². The molecule has 0 saturated carbocycles. The average molecular weight is 181 g/mol. The summed E-state index contributed by atoms with van der Waals surface area (Å²) in [7, 11) is 0. The highest BCUT2D eigenvalue weighted by molar-refractivity contribution is 5.67. The maximum atomic E-state index is 10.2. The molecule has 0 aliphatic rings. The summed E-state index contributed by atoms with van der Waals surface area (Å²) in [6.07, 6.45) is 1.59. The Kier molecular flexibility index (Phi) is 3.08. The number of nitrogens with zero attached hydrogens (tertiary/aromatic N) is 1. The summed E-state index contributed by atoms with van der Waals surface area (Å²) >= 11 is 0. The van der Waals surface area contributed by atoms with Crippen molar-refractivity contribution in [1.82, 2.24) is 4.98 Å². The third kappa shape index (κ3) is 3.42. The SMILES string of the molecule is Nc1ccc(NCCC(=O)O)nc1. The lowest BCUT2D eigenvalue weighted by atomic mass is 10.4. The van der Waals surface area contributed by atoms with Crippen LogP contribution in [0.3, 0.4) is 0 Å². The van der Waals surface area contributed by atoms with Crippen LogP contribution < -0.4 is 11.1 Å². The molecule has 0 spiro atoms. The number of hydrogen-bond acceptors (Lipinski definition) is 4. The van der Waals surface area contributed by atoms with E-state index in [0.717, 1.165) is 0 Å². The molecule has 1 heterocycles. The van der Waals surface area contributed by atoms with Gasteiger partial charge in [-0.1, -0.05) is 0 Å². The second-order valence-electron chi connectivity index (χ2n) is 2.55. The zero-order valence-corrected chi connectivity index (χ0v) is 7.03. The molecule has 0 amide bonds. The van der Waals surface area contributed by atoms with E-state index in [2.05, 4.69) is 10.3 Å². The first-order chi connectivity index (χ1) is 6.18. The molecular weight excluding hydrogens is 170 g/mol. The van der Waals surface area contributed by atoms with E-state index in [9.17, 15) is 4.79 Å². The largest absolute Gasteiger partial charge is 0.481 e. The van der Waals surface area contributed by atoms with Crippen LogP contribution >= 0.6 is 0 Å². The van der Waals surface area contributed by atoms with E-state index >= 15 is 0 Å². The molecule has 70 valence electrons. The van der Waals surface area contributed by atoms with E-state index in [1.54, 1.807) is 12.1 Å². The van der Waals surface area contributed by atoms with Crippen LogP contribution in [0.15, 0.2) is 18.3 Å². The molecule has 13 heavy (non-hydrogen) atoms. The molecule has 1 aromatic heterocycles. The predicted molar refractivity (Wildman–Crippen MR) is 49.4 cm³/mol. The van der Waals surface area contributed by atoms with E-state index in [1.165, 1.54) is 6.20 Å². The molecule has 0 aliphatic carbocycles. The van der Waals surface area contributed by atoms with Crippen LogP contribution in [0.4, 0.5) is 11.5 Å². The van der Waals surface area contributed by atoms with Crippen LogP contribution in [-0.2, 0) is 4.79 Å². The fourth-order valence-corrected chi connectivity index (χ4v) is 0.807. The molecular formula is C8H11N3O2. The maximum Gasteiger partial charge on any atom is 0.305 e. The Balaban J connectivity index is 2.37. The van der Waals surface area contributed by atoms with Crippen molar-refractivity contribution >= 4 is 17.5 Å². The Hall–Kier alpha value is -1.78. The molecule has 4 N–H and O–H groups in total.